The minimum atomic E-state index is -0.454. The second-order valence-electron chi connectivity index (χ2n) is 16.3. The van der Waals surface area contributed by atoms with Crippen molar-refractivity contribution in [2.45, 2.75) is 78.6 Å². The number of anilines is 4. The Morgan fingerprint density at radius 3 is 1.51 bits per heavy atom. The van der Waals surface area contributed by atoms with Gasteiger partial charge >= 0.3 is 0 Å². The van der Waals surface area contributed by atoms with E-state index in [0.29, 0.717) is 79.6 Å². The van der Waals surface area contributed by atoms with E-state index in [1.54, 1.807) is 36.4 Å². The minimum Gasteiger partial charge on any atom is -0.491 e. The van der Waals surface area contributed by atoms with Crippen molar-refractivity contribution >= 4 is 51.5 Å². The number of piperidine rings is 2. The van der Waals surface area contributed by atoms with Crippen molar-refractivity contribution in [3.05, 3.63) is 83.4 Å². The van der Waals surface area contributed by atoms with E-state index >= 15 is 0 Å². The van der Waals surface area contributed by atoms with Crippen molar-refractivity contribution in [2.24, 2.45) is 0 Å². The number of nitrogen functional groups attached to an aromatic ring is 1. The maximum absolute atomic E-state index is 14.5. The number of amides is 1. The maximum Gasteiger partial charge on any atom is 0.295 e. The standard InChI is InChI=1S/C26H33FN4O5.C23H29FN4O3/c1-4-34-21-13-17(14-22(24(21)27)35-5-2)15-31-11-9-18(10-12-31)28-26-30-20-8-6-7-19(25(20)36-26)29-23(32)16-33-3;1-3-29-19-12-15(13-20(21(19)24)30-4-2)14-28-10-8-16(9-11-28)26-23-27-18-7-5-6-17(25)22(18)31-23/h6-8,13-14,18H,4-5,9-12,15-16H2,1-3H3,(H,28,30)(H,29,32);5-7,12-13,16H,3-4,8-11,14,25H2,1-2H3,(H,26,27). The van der Waals surface area contributed by atoms with Crippen LogP contribution < -0.4 is 40.6 Å². The third kappa shape index (κ3) is 12.8. The third-order valence-electron chi connectivity index (χ3n) is 11.4. The van der Waals surface area contributed by atoms with Crippen LogP contribution in [-0.2, 0) is 22.6 Å². The number of aromatic nitrogens is 2. The molecule has 1 amide bonds. The zero-order valence-corrected chi connectivity index (χ0v) is 38.9. The Morgan fingerprint density at radius 1 is 0.672 bits per heavy atom. The van der Waals surface area contributed by atoms with Gasteiger partial charge < -0.3 is 54.2 Å². The van der Waals surface area contributed by atoms with Gasteiger partial charge in [0.1, 0.15) is 17.6 Å². The fourth-order valence-corrected chi connectivity index (χ4v) is 8.27. The third-order valence-corrected chi connectivity index (χ3v) is 11.4. The molecule has 360 valence electrons. The van der Waals surface area contributed by atoms with Crippen molar-refractivity contribution < 1.29 is 46.1 Å². The molecule has 0 spiro atoms. The highest BCUT2D eigenvalue weighted by Crippen LogP contribution is 2.33. The number of fused-ring (bicyclic) bond motifs is 2. The van der Waals surface area contributed by atoms with Crippen molar-refractivity contribution in [1.82, 2.24) is 19.8 Å². The predicted octanol–water partition coefficient (Wildman–Crippen LogP) is 8.85. The van der Waals surface area contributed by atoms with Gasteiger partial charge in [-0.15, -0.1) is 0 Å². The maximum atomic E-state index is 14.5. The highest BCUT2D eigenvalue weighted by molar-refractivity contribution is 5.99. The smallest absolute Gasteiger partial charge is 0.295 e. The molecule has 4 heterocycles. The van der Waals surface area contributed by atoms with Gasteiger partial charge in [0, 0.05) is 58.5 Å². The van der Waals surface area contributed by atoms with Gasteiger partial charge in [-0.25, -0.2) is 0 Å². The lowest BCUT2D eigenvalue weighted by Gasteiger charge is -2.32. The first-order chi connectivity index (χ1) is 32.6. The summed E-state index contributed by atoms with van der Waals surface area (Å²) in [5, 5.41) is 9.57. The number of hydrogen-bond donors (Lipinski definition) is 4. The Hall–Kier alpha value is -6.37. The Morgan fingerprint density at radius 2 is 1.09 bits per heavy atom. The van der Waals surface area contributed by atoms with Crippen molar-refractivity contribution in [1.29, 1.82) is 0 Å². The minimum absolute atomic E-state index is 0.0357. The summed E-state index contributed by atoms with van der Waals surface area (Å²) in [6.45, 7) is 13.8. The van der Waals surface area contributed by atoms with Crippen LogP contribution >= 0.6 is 0 Å². The number of halogens is 2. The average molecular weight is 929 g/mol. The Balaban J connectivity index is 0.000000201. The van der Waals surface area contributed by atoms with Gasteiger partial charge in [-0.05, 0) is 113 Å². The molecule has 8 rings (SSSR count). The second kappa shape index (κ2) is 23.4. The number of ether oxygens (including phenoxy) is 5. The van der Waals surface area contributed by atoms with Crippen LogP contribution in [0.25, 0.3) is 22.2 Å². The van der Waals surface area contributed by atoms with Gasteiger partial charge in [0.15, 0.2) is 34.2 Å². The molecule has 2 aliphatic heterocycles. The number of hydrogen-bond acceptors (Lipinski definition) is 15. The zero-order chi connectivity index (χ0) is 47.3. The zero-order valence-electron chi connectivity index (χ0n) is 38.9. The quantitative estimate of drug-likeness (QED) is 0.0565. The molecule has 0 unspecified atom stereocenters. The number of likely N-dealkylation sites (tertiary alicyclic amines) is 2. The van der Waals surface area contributed by atoms with Crippen LogP contribution in [0.4, 0.5) is 32.2 Å². The monoisotopic (exact) mass is 928 g/mol. The number of oxazole rings is 2. The number of nitrogens with two attached hydrogens (primary N) is 1. The van der Waals surface area contributed by atoms with Crippen LogP contribution in [0, 0.1) is 11.6 Å². The number of nitrogens with zero attached hydrogens (tertiary/aromatic N) is 4. The van der Waals surface area contributed by atoms with Crippen LogP contribution in [-0.4, -0.2) is 104 Å². The van der Waals surface area contributed by atoms with E-state index in [9.17, 15) is 13.6 Å². The summed E-state index contributed by atoms with van der Waals surface area (Å²) in [7, 11) is 1.47. The first-order valence-electron chi connectivity index (χ1n) is 23.0. The van der Waals surface area contributed by atoms with E-state index in [1.165, 1.54) is 7.11 Å². The fourth-order valence-electron chi connectivity index (χ4n) is 8.27. The van der Waals surface area contributed by atoms with Gasteiger partial charge in [0.2, 0.25) is 17.5 Å². The molecule has 16 nitrogen and oxygen atoms in total. The molecule has 0 atom stereocenters. The molecule has 2 saturated heterocycles. The molecule has 67 heavy (non-hydrogen) atoms. The lowest BCUT2D eigenvalue weighted by molar-refractivity contribution is -0.119. The molecule has 6 aromatic rings. The molecule has 18 heteroatoms. The van der Waals surface area contributed by atoms with E-state index in [-0.39, 0.29) is 47.6 Å². The molecule has 0 aliphatic carbocycles. The molecular formula is C49H62F2N8O8. The fraction of sp³-hybridized carbons (Fsp3) is 0.449. The van der Waals surface area contributed by atoms with Crippen molar-refractivity contribution in [3.63, 3.8) is 0 Å². The summed E-state index contributed by atoms with van der Waals surface area (Å²) < 4.78 is 67.5. The molecule has 5 N–H and O–H groups in total. The lowest BCUT2D eigenvalue weighted by atomic mass is 10.0. The van der Waals surface area contributed by atoms with E-state index in [1.807, 2.05) is 52.0 Å². The van der Waals surface area contributed by atoms with E-state index in [2.05, 4.69) is 35.7 Å². The molecule has 2 fully saturated rings. The largest absolute Gasteiger partial charge is 0.491 e. The van der Waals surface area contributed by atoms with Gasteiger partial charge in [-0.3, -0.25) is 14.6 Å². The van der Waals surface area contributed by atoms with Crippen molar-refractivity contribution in [2.75, 3.05) is 88.0 Å². The summed E-state index contributed by atoms with van der Waals surface area (Å²) in [6, 6.07) is 19.5. The molecule has 2 aromatic heterocycles. The van der Waals surface area contributed by atoms with E-state index in [0.717, 1.165) is 68.5 Å². The number of rotatable bonds is 19. The van der Waals surface area contributed by atoms with Crippen LogP contribution in [0.5, 0.6) is 23.0 Å². The molecule has 2 aliphatic rings. The first kappa shape index (κ1) is 48.6. The van der Waals surface area contributed by atoms with Crippen LogP contribution in [0.15, 0.2) is 69.5 Å². The Bertz CT molecular complexity index is 2500. The van der Waals surface area contributed by atoms with Gasteiger partial charge in [-0.1, -0.05) is 12.1 Å². The highest BCUT2D eigenvalue weighted by atomic mass is 19.1. The van der Waals surface area contributed by atoms with Gasteiger partial charge in [-0.2, -0.15) is 18.7 Å². The van der Waals surface area contributed by atoms with E-state index < -0.39 is 11.6 Å². The summed E-state index contributed by atoms with van der Waals surface area (Å²) in [4.78, 5) is 25.6. The summed E-state index contributed by atoms with van der Waals surface area (Å²) in [5.41, 5.74) is 11.6. The molecule has 0 bridgehead atoms. The highest BCUT2D eigenvalue weighted by Gasteiger charge is 2.25. The van der Waals surface area contributed by atoms with Gasteiger partial charge in [0.05, 0.1) is 37.8 Å². The van der Waals surface area contributed by atoms with Crippen LogP contribution in [0.3, 0.4) is 0 Å². The molecule has 0 saturated carbocycles. The summed E-state index contributed by atoms with van der Waals surface area (Å²) in [5.74, 6) is -0.205. The van der Waals surface area contributed by atoms with Crippen LogP contribution in [0.2, 0.25) is 0 Å². The predicted molar refractivity (Wildman–Crippen MR) is 254 cm³/mol. The van der Waals surface area contributed by atoms with Crippen LogP contribution in [0.1, 0.15) is 64.5 Å². The molecule has 4 aromatic carbocycles. The number of benzene rings is 4. The Labute approximate surface area is 389 Å². The number of methoxy groups -OCH3 is 1. The SMILES string of the molecule is CCOc1cc(CN2CCC(Nc3nc4cccc(N)c4o3)CC2)cc(OCC)c1F.CCOc1cc(CN2CCC(Nc3nc4cccc(NC(=O)COC)c4o3)CC2)cc(OCC)c1F. The second-order valence-corrected chi connectivity index (χ2v) is 16.3. The lowest BCUT2D eigenvalue weighted by Crippen LogP contribution is -2.38. The molecular weight excluding hydrogens is 867 g/mol. The summed E-state index contributed by atoms with van der Waals surface area (Å²) in [6.07, 6.45) is 3.69. The number of carbonyl (C=O) groups is 1. The number of carbonyl (C=O) groups excluding carboxylic acids is 1. The van der Waals surface area contributed by atoms with Gasteiger partial charge in [0.25, 0.3) is 12.0 Å². The average Bonchev–Trinajstić information content (AvgIpc) is 3.93. The number of para-hydroxylation sites is 2. The topological polar surface area (TPSA) is 184 Å². The Kier molecular flexibility index (Phi) is 16.9. The first-order valence-corrected chi connectivity index (χ1v) is 23.0. The van der Waals surface area contributed by atoms with E-state index in [4.69, 9.17) is 38.3 Å². The normalized spacial score (nSPS) is 15.0. The summed E-state index contributed by atoms with van der Waals surface area (Å²) >= 11 is 0. The molecule has 0 radical (unpaired) electrons. The number of nitrogens with one attached hydrogen (secondary N) is 3. The van der Waals surface area contributed by atoms with Crippen molar-refractivity contribution in [3.8, 4) is 23.0 Å².